The highest BCUT2D eigenvalue weighted by atomic mass is 32.2. The Morgan fingerprint density at radius 2 is 1.33 bits per heavy atom. The zero-order valence-electron chi connectivity index (χ0n) is 14.1. The maximum atomic E-state index is 2.43. The highest BCUT2D eigenvalue weighted by Crippen LogP contribution is 2.54. The maximum Gasteiger partial charge on any atom is 0.0102 e. The van der Waals surface area contributed by atoms with Gasteiger partial charge in [0.1, 0.15) is 0 Å². The molecule has 0 nitrogen and oxygen atoms in total. The Kier molecular flexibility index (Phi) is 4.59. The molecule has 1 fully saturated rings. The van der Waals surface area contributed by atoms with Crippen LogP contribution in [0.2, 0.25) is 0 Å². The van der Waals surface area contributed by atoms with Crippen molar-refractivity contribution in [1.29, 1.82) is 0 Å². The topological polar surface area (TPSA) is 0 Å². The van der Waals surface area contributed by atoms with Crippen molar-refractivity contribution >= 4 is 11.8 Å². The van der Waals surface area contributed by atoms with E-state index in [0.29, 0.717) is 16.2 Å². The smallest absolute Gasteiger partial charge is 0.0102 e. The summed E-state index contributed by atoms with van der Waals surface area (Å²) in [7, 11) is 0. The summed E-state index contributed by atoms with van der Waals surface area (Å²) in [6, 6.07) is 0. The molecule has 1 unspecified atom stereocenters. The van der Waals surface area contributed by atoms with Crippen molar-refractivity contribution in [3.05, 3.63) is 0 Å². The van der Waals surface area contributed by atoms with Gasteiger partial charge in [0.15, 0.2) is 0 Å². The van der Waals surface area contributed by atoms with Crippen LogP contribution in [-0.4, -0.2) is 10.5 Å². The van der Waals surface area contributed by atoms with E-state index >= 15 is 0 Å². The SMILES string of the molecule is CC(C)(C)C[C@H]1S[C@@H](C(C)(C)C)CC1C(C)(C)C. The highest BCUT2D eigenvalue weighted by molar-refractivity contribution is 8.00. The second-order valence-electron chi connectivity index (χ2n) is 9.50. The van der Waals surface area contributed by atoms with Gasteiger partial charge >= 0.3 is 0 Å². The molecule has 3 atom stereocenters. The molecule has 0 spiro atoms. The molecule has 18 heavy (non-hydrogen) atoms. The Morgan fingerprint density at radius 3 is 1.67 bits per heavy atom. The van der Waals surface area contributed by atoms with Crippen LogP contribution in [0.4, 0.5) is 0 Å². The van der Waals surface area contributed by atoms with E-state index in [1.165, 1.54) is 12.8 Å². The van der Waals surface area contributed by atoms with Gasteiger partial charge in [0.05, 0.1) is 0 Å². The van der Waals surface area contributed by atoms with Crippen molar-refractivity contribution < 1.29 is 0 Å². The van der Waals surface area contributed by atoms with E-state index < -0.39 is 0 Å². The predicted octanol–water partition coefficient (Wildman–Crippen LogP) is 6.01. The fourth-order valence-electron chi connectivity index (χ4n) is 3.01. The average Bonchev–Trinajstić information content (AvgIpc) is 2.42. The first-order valence-corrected chi connectivity index (χ1v) is 8.40. The van der Waals surface area contributed by atoms with Crippen LogP contribution in [0.15, 0.2) is 0 Å². The first kappa shape index (κ1) is 16.4. The lowest BCUT2D eigenvalue weighted by molar-refractivity contribution is 0.191. The predicted molar refractivity (Wildman–Crippen MR) is 86.3 cm³/mol. The fraction of sp³-hybridized carbons (Fsp3) is 1.00. The van der Waals surface area contributed by atoms with E-state index in [1.807, 2.05) is 0 Å². The minimum absolute atomic E-state index is 0.445. The van der Waals surface area contributed by atoms with Gasteiger partial charge in [-0.05, 0) is 35.0 Å². The van der Waals surface area contributed by atoms with Crippen LogP contribution in [0.5, 0.6) is 0 Å². The summed E-state index contributed by atoms with van der Waals surface area (Å²) >= 11 is 2.28. The van der Waals surface area contributed by atoms with Gasteiger partial charge in [-0.2, -0.15) is 11.8 Å². The summed E-state index contributed by atoms with van der Waals surface area (Å²) in [5.74, 6) is 0.867. The molecular weight excluding hydrogens is 236 g/mol. The van der Waals surface area contributed by atoms with E-state index in [1.54, 1.807) is 0 Å². The lowest BCUT2D eigenvalue weighted by Crippen LogP contribution is -2.30. The van der Waals surface area contributed by atoms with Crippen LogP contribution in [0.25, 0.3) is 0 Å². The van der Waals surface area contributed by atoms with Gasteiger partial charge in [-0.15, -0.1) is 0 Å². The molecule has 1 heterocycles. The molecule has 0 amide bonds. The van der Waals surface area contributed by atoms with Gasteiger partial charge < -0.3 is 0 Å². The monoisotopic (exact) mass is 270 g/mol. The van der Waals surface area contributed by atoms with E-state index in [0.717, 1.165) is 16.4 Å². The lowest BCUT2D eigenvalue weighted by Gasteiger charge is -2.34. The van der Waals surface area contributed by atoms with Crippen molar-refractivity contribution in [1.82, 2.24) is 0 Å². The Morgan fingerprint density at radius 1 is 0.833 bits per heavy atom. The summed E-state index contributed by atoms with van der Waals surface area (Å²) in [5.41, 5.74) is 1.34. The summed E-state index contributed by atoms with van der Waals surface area (Å²) < 4.78 is 0. The van der Waals surface area contributed by atoms with Crippen molar-refractivity contribution in [3.8, 4) is 0 Å². The highest BCUT2D eigenvalue weighted by Gasteiger charge is 2.45. The van der Waals surface area contributed by atoms with E-state index in [9.17, 15) is 0 Å². The van der Waals surface area contributed by atoms with Crippen LogP contribution in [0, 0.1) is 22.2 Å². The normalized spacial score (nSPS) is 30.8. The van der Waals surface area contributed by atoms with Crippen molar-refractivity contribution in [3.63, 3.8) is 0 Å². The molecule has 1 aliphatic rings. The van der Waals surface area contributed by atoms with E-state index in [2.05, 4.69) is 74.1 Å². The molecule has 1 aliphatic heterocycles. The fourth-order valence-corrected chi connectivity index (χ4v) is 5.46. The summed E-state index contributed by atoms with van der Waals surface area (Å²) in [5, 5.41) is 1.67. The number of hydrogen-bond donors (Lipinski definition) is 0. The van der Waals surface area contributed by atoms with E-state index in [-0.39, 0.29) is 0 Å². The third kappa shape index (κ3) is 4.47. The molecule has 108 valence electrons. The van der Waals surface area contributed by atoms with Crippen LogP contribution in [0.3, 0.4) is 0 Å². The molecule has 0 aromatic heterocycles. The largest absolute Gasteiger partial charge is 0.154 e. The number of hydrogen-bond acceptors (Lipinski definition) is 1. The maximum absolute atomic E-state index is 2.43. The molecule has 1 rings (SSSR count). The molecule has 1 heteroatoms. The molecular formula is C17H34S. The second kappa shape index (κ2) is 5.04. The minimum Gasteiger partial charge on any atom is -0.154 e. The molecule has 0 aliphatic carbocycles. The summed E-state index contributed by atoms with van der Waals surface area (Å²) in [4.78, 5) is 0. The molecule has 1 saturated heterocycles. The first-order valence-electron chi connectivity index (χ1n) is 7.46. The van der Waals surface area contributed by atoms with Crippen molar-refractivity contribution in [2.45, 2.75) is 85.7 Å². The van der Waals surface area contributed by atoms with Gasteiger partial charge in [0.25, 0.3) is 0 Å². The Balaban J connectivity index is 2.86. The Bertz CT molecular complexity index is 271. The number of thioether (sulfide) groups is 1. The second-order valence-corrected chi connectivity index (χ2v) is 10.9. The quantitative estimate of drug-likeness (QED) is 0.562. The third-order valence-electron chi connectivity index (χ3n) is 4.15. The van der Waals surface area contributed by atoms with Gasteiger partial charge in [0, 0.05) is 10.5 Å². The summed E-state index contributed by atoms with van der Waals surface area (Å²) in [6.07, 6.45) is 2.75. The van der Waals surface area contributed by atoms with Gasteiger partial charge in [0.2, 0.25) is 0 Å². The van der Waals surface area contributed by atoms with Gasteiger partial charge in [-0.3, -0.25) is 0 Å². The minimum atomic E-state index is 0.445. The first-order chi connectivity index (χ1) is 7.81. The van der Waals surface area contributed by atoms with Crippen LogP contribution in [-0.2, 0) is 0 Å². The molecule has 0 saturated carbocycles. The van der Waals surface area contributed by atoms with Crippen LogP contribution < -0.4 is 0 Å². The van der Waals surface area contributed by atoms with Gasteiger partial charge in [-0.1, -0.05) is 62.3 Å². The average molecular weight is 271 g/mol. The molecule has 0 aromatic rings. The molecule has 0 N–H and O–H groups in total. The Labute approximate surface area is 120 Å². The zero-order valence-corrected chi connectivity index (χ0v) is 14.9. The lowest BCUT2D eigenvalue weighted by atomic mass is 9.71. The molecule has 0 radical (unpaired) electrons. The van der Waals surface area contributed by atoms with Crippen molar-refractivity contribution in [2.75, 3.05) is 0 Å². The zero-order chi connectivity index (χ0) is 14.4. The molecule has 0 bridgehead atoms. The van der Waals surface area contributed by atoms with Crippen LogP contribution >= 0.6 is 11.8 Å². The van der Waals surface area contributed by atoms with Gasteiger partial charge in [-0.25, -0.2) is 0 Å². The standard InChI is InChI=1S/C17H34S/c1-15(2,3)11-13-12(16(4,5)6)10-14(18-13)17(7,8)9/h12-14H,10-11H2,1-9H3/t12?,13-,14-/m1/s1. The van der Waals surface area contributed by atoms with Crippen molar-refractivity contribution in [2.24, 2.45) is 22.2 Å². The van der Waals surface area contributed by atoms with Crippen LogP contribution in [0.1, 0.15) is 75.2 Å². The Hall–Kier alpha value is 0.350. The molecule has 0 aromatic carbocycles. The number of rotatable bonds is 1. The van der Waals surface area contributed by atoms with E-state index in [4.69, 9.17) is 0 Å². The third-order valence-corrected chi connectivity index (χ3v) is 6.22. The summed E-state index contributed by atoms with van der Waals surface area (Å²) in [6.45, 7) is 21.7.